The molecule has 4 heteroatoms. The van der Waals surface area contributed by atoms with Crippen LogP contribution in [-0.4, -0.2) is 29.8 Å². The number of hydrogen-bond acceptors (Lipinski definition) is 4. The minimum atomic E-state index is -1.10. The summed E-state index contributed by atoms with van der Waals surface area (Å²) in [5.74, 6) is 0.858. The minimum absolute atomic E-state index is 0.627. The SMILES string of the molecule is CNC1(O)OCCS1. The molecule has 3 nitrogen and oxygen atoms in total. The summed E-state index contributed by atoms with van der Waals surface area (Å²) in [6.07, 6.45) is 0. The van der Waals surface area contributed by atoms with Crippen molar-refractivity contribution in [1.29, 1.82) is 0 Å². The van der Waals surface area contributed by atoms with Gasteiger partial charge in [-0.1, -0.05) is 11.8 Å². The van der Waals surface area contributed by atoms with Gasteiger partial charge >= 0.3 is 0 Å². The summed E-state index contributed by atoms with van der Waals surface area (Å²) in [6.45, 7) is 0.627. The maximum atomic E-state index is 9.13. The average Bonchev–Trinajstić information content (AvgIpc) is 2.17. The van der Waals surface area contributed by atoms with Crippen LogP contribution in [0.5, 0.6) is 0 Å². The first-order valence-corrected chi connectivity index (χ1v) is 3.44. The summed E-state index contributed by atoms with van der Waals surface area (Å²) in [5, 5.41) is 10.7. The molecule has 48 valence electrons. The molecule has 0 aromatic carbocycles. The lowest BCUT2D eigenvalue weighted by Crippen LogP contribution is -2.38. The van der Waals surface area contributed by atoms with Crippen molar-refractivity contribution in [3.63, 3.8) is 0 Å². The minimum Gasteiger partial charge on any atom is -0.345 e. The first kappa shape index (κ1) is 6.35. The van der Waals surface area contributed by atoms with Crippen molar-refractivity contribution in [1.82, 2.24) is 5.32 Å². The molecule has 1 rings (SSSR count). The van der Waals surface area contributed by atoms with Crippen molar-refractivity contribution >= 4 is 11.8 Å². The van der Waals surface area contributed by atoms with Crippen LogP contribution in [0.3, 0.4) is 0 Å². The van der Waals surface area contributed by atoms with Gasteiger partial charge in [0.25, 0.3) is 5.24 Å². The summed E-state index contributed by atoms with van der Waals surface area (Å²) < 4.78 is 4.90. The maximum absolute atomic E-state index is 9.13. The van der Waals surface area contributed by atoms with Gasteiger partial charge in [-0.3, -0.25) is 5.32 Å². The summed E-state index contributed by atoms with van der Waals surface area (Å²) >= 11 is 1.37. The van der Waals surface area contributed by atoms with E-state index in [0.29, 0.717) is 6.61 Å². The van der Waals surface area contributed by atoms with E-state index >= 15 is 0 Å². The number of ether oxygens (including phenoxy) is 1. The molecule has 0 bridgehead atoms. The van der Waals surface area contributed by atoms with Crippen LogP contribution < -0.4 is 5.32 Å². The largest absolute Gasteiger partial charge is 0.345 e. The lowest BCUT2D eigenvalue weighted by atomic mass is 10.8. The Kier molecular flexibility index (Phi) is 1.77. The molecular weight excluding hydrogens is 126 g/mol. The van der Waals surface area contributed by atoms with Gasteiger partial charge < -0.3 is 9.84 Å². The van der Waals surface area contributed by atoms with E-state index in [1.165, 1.54) is 11.8 Å². The lowest BCUT2D eigenvalue weighted by Gasteiger charge is -2.17. The van der Waals surface area contributed by atoms with Gasteiger partial charge in [0.2, 0.25) is 0 Å². The Labute approximate surface area is 52.4 Å². The highest BCUT2D eigenvalue weighted by Crippen LogP contribution is 2.25. The molecule has 1 heterocycles. The zero-order valence-electron chi connectivity index (χ0n) is 4.68. The van der Waals surface area contributed by atoms with Gasteiger partial charge in [0.15, 0.2) is 0 Å². The van der Waals surface area contributed by atoms with Gasteiger partial charge in [-0.05, 0) is 7.05 Å². The van der Waals surface area contributed by atoms with Crippen molar-refractivity contribution in [2.24, 2.45) is 0 Å². The number of thioether (sulfide) groups is 1. The monoisotopic (exact) mass is 135 g/mol. The van der Waals surface area contributed by atoms with E-state index in [0.717, 1.165) is 5.75 Å². The summed E-state index contributed by atoms with van der Waals surface area (Å²) in [6, 6.07) is 0. The fourth-order valence-corrected chi connectivity index (χ4v) is 1.30. The molecule has 1 fully saturated rings. The van der Waals surface area contributed by atoms with Crippen molar-refractivity contribution in [2.75, 3.05) is 19.4 Å². The predicted molar refractivity (Wildman–Crippen MR) is 32.4 cm³/mol. The second-order valence-corrected chi connectivity index (χ2v) is 2.78. The Bertz CT molecular complexity index is 82.1. The molecule has 1 saturated heterocycles. The summed E-state index contributed by atoms with van der Waals surface area (Å²) in [7, 11) is 1.66. The van der Waals surface area contributed by atoms with Crippen molar-refractivity contribution in [3.05, 3.63) is 0 Å². The van der Waals surface area contributed by atoms with E-state index in [-0.39, 0.29) is 0 Å². The smallest absolute Gasteiger partial charge is 0.277 e. The second kappa shape index (κ2) is 2.23. The van der Waals surface area contributed by atoms with Gasteiger partial charge in [0.1, 0.15) is 0 Å². The average molecular weight is 135 g/mol. The van der Waals surface area contributed by atoms with Gasteiger partial charge in [0.05, 0.1) is 6.61 Å². The molecule has 0 aromatic rings. The van der Waals surface area contributed by atoms with Crippen LogP contribution in [0.2, 0.25) is 0 Å². The molecule has 8 heavy (non-hydrogen) atoms. The Morgan fingerprint density at radius 3 is 2.88 bits per heavy atom. The highest BCUT2D eigenvalue weighted by atomic mass is 32.2. The van der Waals surface area contributed by atoms with Crippen LogP contribution in [0.25, 0.3) is 0 Å². The van der Waals surface area contributed by atoms with Crippen molar-refractivity contribution in [3.8, 4) is 0 Å². The number of aliphatic hydroxyl groups is 1. The molecule has 0 amide bonds. The molecule has 0 aliphatic carbocycles. The molecule has 2 N–H and O–H groups in total. The van der Waals surface area contributed by atoms with Gasteiger partial charge in [-0.25, -0.2) is 0 Å². The Hall–Kier alpha value is 0.230. The number of nitrogens with one attached hydrogen (secondary N) is 1. The van der Waals surface area contributed by atoms with Gasteiger partial charge in [0, 0.05) is 5.75 Å². The molecule has 1 aliphatic heterocycles. The van der Waals surface area contributed by atoms with E-state index in [1.54, 1.807) is 7.05 Å². The third-order valence-corrected chi connectivity index (χ3v) is 2.08. The molecular formula is C4H9NO2S. The second-order valence-electron chi connectivity index (χ2n) is 1.53. The van der Waals surface area contributed by atoms with Crippen molar-refractivity contribution < 1.29 is 9.84 Å². The van der Waals surface area contributed by atoms with E-state index in [9.17, 15) is 0 Å². The molecule has 0 radical (unpaired) electrons. The van der Waals surface area contributed by atoms with E-state index in [4.69, 9.17) is 9.84 Å². The van der Waals surface area contributed by atoms with E-state index in [2.05, 4.69) is 5.32 Å². The zero-order chi connectivity index (χ0) is 6.04. The van der Waals surface area contributed by atoms with Crippen LogP contribution in [-0.2, 0) is 4.74 Å². The van der Waals surface area contributed by atoms with Gasteiger partial charge in [-0.2, -0.15) is 0 Å². The lowest BCUT2D eigenvalue weighted by molar-refractivity contribution is -0.132. The third-order valence-electron chi connectivity index (χ3n) is 0.995. The Morgan fingerprint density at radius 2 is 2.62 bits per heavy atom. The first-order valence-electron chi connectivity index (χ1n) is 2.46. The Balaban J connectivity index is 2.40. The molecule has 1 aliphatic rings. The van der Waals surface area contributed by atoms with E-state index < -0.39 is 5.24 Å². The molecule has 0 aromatic heterocycles. The Morgan fingerprint density at radius 1 is 1.88 bits per heavy atom. The van der Waals surface area contributed by atoms with Crippen molar-refractivity contribution in [2.45, 2.75) is 5.24 Å². The highest BCUT2D eigenvalue weighted by Gasteiger charge is 2.30. The quantitative estimate of drug-likeness (QED) is 0.479. The van der Waals surface area contributed by atoms with E-state index in [1.807, 2.05) is 0 Å². The van der Waals surface area contributed by atoms with Gasteiger partial charge in [-0.15, -0.1) is 0 Å². The molecule has 1 unspecified atom stereocenters. The third kappa shape index (κ3) is 1.14. The maximum Gasteiger partial charge on any atom is 0.277 e. The number of hydrogen-bond donors (Lipinski definition) is 2. The zero-order valence-corrected chi connectivity index (χ0v) is 5.49. The first-order chi connectivity index (χ1) is 3.77. The predicted octanol–water partition coefficient (Wildman–Crippen LogP) is -0.427. The molecule has 0 saturated carbocycles. The fraction of sp³-hybridized carbons (Fsp3) is 1.00. The van der Waals surface area contributed by atoms with Crippen LogP contribution in [0.4, 0.5) is 0 Å². The topological polar surface area (TPSA) is 41.5 Å². The van der Waals surface area contributed by atoms with Crippen LogP contribution in [0.1, 0.15) is 0 Å². The standard InChI is InChI=1S/C4H9NO2S/c1-5-4(6)7-2-3-8-4/h5-6H,2-3H2,1H3. The fourth-order valence-electron chi connectivity index (χ4n) is 0.546. The normalized spacial score (nSPS) is 38.2. The number of rotatable bonds is 1. The van der Waals surface area contributed by atoms with Crippen LogP contribution in [0, 0.1) is 0 Å². The summed E-state index contributed by atoms with van der Waals surface area (Å²) in [4.78, 5) is 0. The summed E-state index contributed by atoms with van der Waals surface area (Å²) in [5.41, 5.74) is 0. The molecule has 0 spiro atoms. The van der Waals surface area contributed by atoms with Crippen LogP contribution >= 0.6 is 11.8 Å². The highest BCUT2D eigenvalue weighted by molar-refractivity contribution is 8.00. The van der Waals surface area contributed by atoms with Crippen LogP contribution in [0.15, 0.2) is 0 Å². The molecule has 1 atom stereocenters.